The lowest BCUT2D eigenvalue weighted by molar-refractivity contribution is 0.0909. The van der Waals surface area contributed by atoms with Gasteiger partial charge in [0.05, 0.1) is 12.6 Å². The lowest BCUT2D eigenvalue weighted by Crippen LogP contribution is -2.43. The molecular formula is C17H23N3O2. The van der Waals surface area contributed by atoms with Crippen LogP contribution in [0.2, 0.25) is 0 Å². The number of ether oxygens (including phenoxy) is 1. The zero-order valence-corrected chi connectivity index (χ0v) is 13.4. The molecule has 118 valence electrons. The van der Waals surface area contributed by atoms with Gasteiger partial charge in [-0.25, -0.2) is 0 Å². The Hall–Kier alpha value is -2.01. The molecule has 0 unspecified atom stereocenters. The first-order valence-electron chi connectivity index (χ1n) is 7.72. The third kappa shape index (κ3) is 2.68. The van der Waals surface area contributed by atoms with E-state index in [-0.39, 0.29) is 11.9 Å². The summed E-state index contributed by atoms with van der Waals surface area (Å²) in [5, 5.41) is 4.14. The van der Waals surface area contributed by atoms with Gasteiger partial charge in [0.25, 0.3) is 5.91 Å². The van der Waals surface area contributed by atoms with Gasteiger partial charge in [-0.1, -0.05) is 6.07 Å². The fourth-order valence-corrected chi connectivity index (χ4v) is 3.14. The van der Waals surface area contributed by atoms with Crippen LogP contribution in [-0.4, -0.2) is 48.7 Å². The van der Waals surface area contributed by atoms with Crippen molar-refractivity contribution < 1.29 is 9.53 Å². The Labute approximate surface area is 130 Å². The monoisotopic (exact) mass is 301 g/mol. The number of nitrogens with one attached hydrogen (secondary N) is 1. The largest absolute Gasteiger partial charge is 0.496 e. The minimum absolute atomic E-state index is 0.00435. The molecule has 1 amide bonds. The second-order valence-corrected chi connectivity index (χ2v) is 6.03. The molecule has 0 atom stereocenters. The summed E-state index contributed by atoms with van der Waals surface area (Å²) in [5.41, 5.74) is 1.69. The van der Waals surface area contributed by atoms with Gasteiger partial charge >= 0.3 is 0 Å². The quantitative estimate of drug-likeness (QED) is 0.943. The van der Waals surface area contributed by atoms with Crippen LogP contribution < -0.4 is 10.1 Å². The summed E-state index contributed by atoms with van der Waals surface area (Å²) in [7, 11) is 5.69. The standard InChI is InChI=1S/C17H23N3O2/c1-19-9-7-12(8-10-19)18-17(21)15-11-13-14(20(15)2)5-4-6-16(13)22-3/h4-6,11-12H,7-10H2,1-3H3,(H,18,21). The number of hydrogen-bond donors (Lipinski definition) is 1. The molecule has 2 heterocycles. The number of rotatable bonds is 3. The second-order valence-electron chi connectivity index (χ2n) is 6.03. The number of fused-ring (bicyclic) bond motifs is 1. The molecule has 0 radical (unpaired) electrons. The van der Waals surface area contributed by atoms with E-state index in [1.807, 2.05) is 35.9 Å². The number of aryl methyl sites for hydroxylation is 1. The summed E-state index contributed by atoms with van der Waals surface area (Å²) in [6.45, 7) is 2.07. The van der Waals surface area contributed by atoms with Crippen molar-refractivity contribution in [3.63, 3.8) is 0 Å². The van der Waals surface area contributed by atoms with E-state index in [4.69, 9.17) is 4.74 Å². The molecule has 5 nitrogen and oxygen atoms in total. The summed E-state index contributed by atoms with van der Waals surface area (Å²) in [4.78, 5) is 14.9. The lowest BCUT2D eigenvalue weighted by atomic mass is 10.1. The molecule has 22 heavy (non-hydrogen) atoms. The molecule has 1 N–H and O–H groups in total. The van der Waals surface area contributed by atoms with Crippen molar-refractivity contribution >= 4 is 16.8 Å². The number of aromatic nitrogens is 1. The highest BCUT2D eigenvalue weighted by Gasteiger charge is 2.21. The van der Waals surface area contributed by atoms with Crippen LogP contribution in [0, 0.1) is 0 Å². The summed E-state index contributed by atoms with van der Waals surface area (Å²) < 4.78 is 7.32. The van der Waals surface area contributed by atoms with E-state index >= 15 is 0 Å². The third-order valence-corrected chi connectivity index (χ3v) is 4.55. The number of piperidine rings is 1. The number of carbonyl (C=O) groups is 1. The van der Waals surface area contributed by atoms with E-state index in [1.54, 1.807) is 7.11 Å². The molecule has 3 rings (SSSR count). The first-order valence-corrected chi connectivity index (χ1v) is 7.72. The van der Waals surface area contributed by atoms with E-state index in [0.29, 0.717) is 5.69 Å². The summed E-state index contributed by atoms with van der Waals surface area (Å²) in [6.07, 6.45) is 2.02. The molecule has 5 heteroatoms. The fraction of sp³-hybridized carbons (Fsp3) is 0.471. The summed E-state index contributed by atoms with van der Waals surface area (Å²) >= 11 is 0. The Morgan fingerprint density at radius 3 is 2.68 bits per heavy atom. The maximum absolute atomic E-state index is 12.6. The van der Waals surface area contributed by atoms with Crippen LogP contribution in [0.25, 0.3) is 10.9 Å². The van der Waals surface area contributed by atoms with Gasteiger partial charge < -0.3 is 19.5 Å². The number of hydrogen-bond acceptors (Lipinski definition) is 3. The zero-order chi connectivity index (χ0) is 15.7. The lowest BCUT2D eigenvalue weighted by Gasteiger charge is -2.29. The Morgan fingerprint density at radius 2 is 2.00 bits per heavy atom. The maximum Gasteiger partial charge on any atom is 0.268 e. The minimum Gasteiger partial charge on any atom is -0.496 e. The molecule has 0 bridgehead atoms. The number of methoxy groups -OCH3 is 1. The van der Waals surface area contributed by atoms with Gasteiger partial charge in [0.2, 0.25) is 0 Å². The van der Waals surface area contributed by atoms with Crippen molar-refractivity contribution in [1.29, 1.82) is 0 Å². The average Bonchev–Trinajstić information content (AvgIpc) is 2.87. The Kier molecular flexibility index (Phi) is 4.07. The van der Waals surface area contributed by atoms with Crippen molar-refractivity contribution in [3.05, 3.63) is 30.0 Å². The van der Waals surface area contributed by atoms with E-state index in [9.17, 15) is 4.79 Å². The molecule has 1 aliphatic heterocycles. The highest BCUT2D eigenvalue weighted by molar-refractivity contribution is 6.00. The average molecular weight is 301 g/mol. The first-order chi connectivity index (χ1) is 10.6. The van der Waals surface area contributed by atoms with Crippen molar-refractivity contribution in [3.8, 4) is 5.75 Å². The first kappa shape index (κ1) is 14.9. The van der Waals surface area contributed by atoms with Crippen molar-refractivity contribution in [2.45, 2.75) is 18.9 Å². The normalized spacial score (nSPS) is 16.9. The Morgan fingerprint density at radius 1 is 1.27 bits per heavy atom. The molecule has 1 aromatic carbocycles. The van der Waals surface area contributed by atoms with E-state index in [0.717, 1.165) is 42.6 Å². The topological polar surface area (TPSA) is 46.5 Å². The second kappa shape index (κ2) is 6.01. The van der Waals surface area contributed by atoms with Crippen LogP contribution in [0.5, 0.6) is 5.75 Å². The highest BCUT2D eigenvalue weighted by atomic mass is 16.5. The molecule has 1 fully saturated rings. The van der Waals surface area contributed by atoms with Crippen LogP contribution in [-0.2, 0) is 7.05 Å². The van der Waals surface area contributed by atoms with Crippen molar-refractivity contribution in [1.82, 2.24) is 14.8 Å². The fourth-order valence-electron chi connectivity index (χ4n) is 3.14. The van der Waals surface area contributed by atoms with Crippen LogP contribution in [0.4, 0.5) is 0 Å². The number of carbonyl (C=O) groups excluding carboxylic acids is 1. The number of benzene rings is 1. The van der Waals surface area contributed by atoms with Crippen LogP contribution in [0.3, 0.4) is 0 Å². The number of likely N-dealkylation sites (tertiary alicyclic amines) is 1. The van der Waals surface area contributed by atoms with Crippen LogP contribution in [0.15, 0.2) is 24.3 Å². The minimum atomic E-state index is -0.00435. The number of amides is 1. The molecule has 0 spiro atoms. The maximum atomic E-state index is 12.6. The predicted octanol–water partition coefficient (Wildman–Crippen LogP) is 2.01. The van der Waals surface area contributed by atoms with Gasteiger partial charge in [-0.15, -0.1) is 0 Å². The third-order valence-electron chi connectivity index (χ3n) is 4.55. The summed E-state index contributed by atoms with van der Waals surface area (Å²) in [5.74, 6) is 0.793. The molecule has 0 aliphatic carbocycles. The van der Waals surface area contributed by atoms with Gasteiger partial charge in [-0.2, -0.15) is 0 Å². The van der Waals surface area contributed by atoms with Crippen molar-refractivity contribution in [2.24, 2.45) is 7.05 Å². The van der Waals surface area contributed by atoms with E-state index in [2.05, 4.69) is 17.3 Å². The van der Waals surface area contributed by atoms with Gasteiger partial charge in [0.15, 0.2) is 0 Å². The molecule has 0 saturated carbocycles. The number of nitrogens with zero attached hydrogens (tertiary/aromatic N) is 2. The molecule has 1 aliphatic rings. The molecular weight excluding hydrogens is 278 g/mol. The van der Waals surface area contributed by atoms with Gasteiger partial charge in [0.1, 0.15) is 11.4 Å². The zero-order valence-electron chi connectivity index (χ0n) is 13.4. The van der Waals surface area contributed by atoms with Gasteiger partial charge in [0, 0.05) is 18.5 Å². The highest BCUT2D eigenvalue weighted by Crippen LogP contribution is 2.28. The molecule has 1 aromatic heterocycles. The summed E-state index contributed by atoms with van der Waals surface area (Å²) in [6, 6.07) is 8.05. The van der Waals surface area contributed by atoms with Crippen LogP contribution >= 0.6 is 0 Å². The van der Waals surface area contributed by atoms with E-state index < -0.39 is 0 Å². The predicted molar refractivity (Wildman–Crippen MR) is 87.5 cm³/mol. The van der Waals surface area contributed by atoms with Gasteiger partial charge in [-0.3, -0.25) is 4.79 Å². The smallest absolute Gasteiger partial charge is 0.268 e. The molecule has 2 aromatic rings. The van der Waals surface area contributed by atoms with Crippen molar-refractivity contribution in [2.75, 3.05) is 27.2 Å². The Balaban J connectivity index is 1.83. The SMILES string of the molecule is COc1cccc2c1cc(C(=O)NC1CCN(C)CC1)n2C. The van der Waals surface area contributed by atoms with Crippen LogP contribution in [0.1, 0.15) is 23.3 Å². The van der Waals surface area contributed by atoms with Gasteiger partial charge in [-0.05, 0) is 51.2 Å². The van der Waals surface area contributed by atoms with E-state index in [1.165, 1.54) is 0 Å². The Bertz CT molecular complexity index is 685. The molecule has 1 saturated heterocycles.